The number of rotatable bonds is 4. The van der Waals surface area contributed by atoms with Gasteiger partial charge in [0.2, 0.25) is 5.91 Å². The van der Waals surface area contributed by atoms with Crippen LogP contribution in [0.15, 0.2) is 30.3 Å². The third kappa shape index (κ3) is 4.18. The molecule has 22 heavy (non-hydrogen) atoms. The molecule has 0 unspecified atom stereocenters. The number of benzene rings is 1. The van der Waals surface area contributed by atoms with Gasteiger partial charge in [0.05, 0.1) is 12.7 Å². The van der Waals surface area contributed by atoms with Crippen LogP contribution in [0.3, 0.4) is 0 Å². The number of carbonyl (C=O) groups is 2. The second-order valence-corrected chi connectivity index (χ2v) is 5.40. The number of esters is 1. The van der Waals surface area contributed by atoms with Crippen LogP contribution in [-0.4, -0.2) is 48.7 Å². The van der Waals surface area contributed by atoms with E-state index < -0.39 is 0 Å². The fourth-order valence-corrected chi connectivity index (χ4v) is 2.46. The van der Waals surface area contributed by atoms with Crippen LogP contribution in [0.25, 0.3) is 6.08 Å². The molecule has 0 aromatic heterocycles. The van der Waals surface area contributed by atoms with E-state index in [9.17, 15) is 9.59 Å². The average molecular weight is 303 g/mol. The van der Waals surface area contributed by atoms with Crippen LogP contribution in [0.2, 0.25) is 0 Å². The highest BCUT2D eigenvalue weighted by Gasteiger charge is 2.20. The Kier molecular flexibility index (Phi) is 5.72. The second-order valence-electron chi connectivity index (χ2n) is 5.40. The first-order valence-electron chi connectivity index (χ1n) is 7.40. The van der Waals surface area contributed by atoms with Crippen molar-refractivity contribution in [3.63, 3.8) is 0 Å². The van der Waals surface area contributed by atoms with Crippen LogP contribution >= 0.6 is 0 Å². The van der Waals surface area contributed by atoms with Crippen molar-refractivity contribution in [2.24, 2.45) is 5.92 Å². The zero-order valence-electron chi connectivity index (χ0n) is 12.7. The monoisotopic (exact) mass is 303 g/mol. The Morgan fingerprint density at radius 3 is 2.45 bits per heavy atom. The minimum atomic E-state index is -0.377. The van der Waals surface area contributed by atoms with Crippen molar-refractivity contribution in [2.45, 2.75) is 12.8 Å². The van der Waals surface area contributed by atoms with Crippen molar-refractivity contribution < 1.29 is 19.4 Å². The molecule has 0 atom stereocenters. The highest BCUT2D eigenvalue weighted by atomic mass is 16.5. The van der Waals surface area contributed by atoms with E-state index in [4.69, 9.17) is 5.11 Å². The molecule has 2 rings (SSSR count). The Bertz CT molecular complexity index is 542. The van der Waals surface area contributed by atoms with Crippen LogP contribution in [0, 0.1) is 5.92 Å². The van der Waals surface area contributed by atoms with Gasteiger partial charge in [0.15, 0.2) is 0 Å². The fourth-order valence-electron chi connectivity index (χ4n) is 2.46. The highest BCUT2D eigenvalue weighted by Crippen LogP contribution is 2.17. The van der Waals surface area contributed by atoms with E-state index >= 15 is 0 Å². The van der Waals surface area contributed by atoms with E-state index in [1.165, 1.54) is 7.11 Å². The number of hydrogen-bond donors (Lipinski definition) is 1. The van der Waals surface area contributed by atoms with Gasteiger partial charge in [-0.2, -0.15) is 0 Å². The molecule has 5 heteroatoms. The third-order valence-electron chi connectivity index (χ3n) is 3.93. The molecule has 0 bridgehead atoms. The molecule has 1 aromatic carbocycles. The number of methoxy groups -OCH3 is 1. The first-order chi connectivity index (χ1) is 10.6. The topological polar surface area (TPSA) is 66.8 Å². The standard InChI is InChI=1S/C17H21NO4/c1-22-17(21)15-5-2-13(3-6-15)4-7-16(20)18-10-8-14(12-19)9-11-18/h2-7,14,19H,8-12H2,1H3/b7-4+. The van der Waals surface area contributed by atoms with Crippen LogP contribution < -0.4 is 0 Å². The summed E-state index contributed by atoms with van der Waals surface area (Å²) in [5.74, 6) is -0.0781. The zero-order valence-corrected chi connectivity index (χ0v) is 12.7. The molecular formula is C17H21NO4. The van der Waals surface area contributed by atoms with Crippen molar-refractivity contribution in [2.75, 3.05) is 26.8 Å². The summed E-state index contributed by atoms with van der Waals surface area (Å²) < 4.78 is 4.64. The van der Waals surface area contributed by atoms with Gasteiger partial charge in [0, 0.05) is 25.8 Å². The summed E-state index contributed by atoms with van der Waals surface area (Å²) in [5, 5.41) is 9.10. The molecular weight excluding hydrogens is 282 g/mol. The summed E-state index contributed by atoms with van der Waals surface area (Å²) in [4.78, 5) is 25.2. The molecule has 5 nitrogen and oxygen atoms in total. The van der Waals surface area contributed by atoms with Gasteiger partial charge >= 0.3 is 5.97 Å². The predicted molar refractivity (Wildman–Crippen MR) is 83.2 cm³/mol. The first kappa shape index (κ1) is 16.2. The van der Waals surface area contributed by atoms with Crippen LogP contribution in [0.1, 0.15) is 28.8 Å². The molecule has 1 aliphatic heterocycles. The molecule has 1 saturated heterocycles. The Morgan fingerprint density at radius 2 is 1.91 bits per heavy atom. The Hall–Kier alpha value is -2.14. The summed E-state index contributed by atoms with van der Waals surface area (Å²) in [6.07, 6.45) is 4.99. The van der Waals surface area contributed by atoms with Gasteiger partial charge in [-0.05, 0) is 42.5 Å². The van der Waals surface area contributed by atoms with Crippen molar-refractivity contribution in [1.82, 2.24) is 4.90 Å². The van der Waals surface area contributed by atoms with E-state index in [1.54, 1.807) is 41.3 Å². The van der Waals surface area contributed by atoms with E-state index in [2.05, 4.69) is 4.74 Å². The highest BCUT2D eigenvalue weighted by molar-refractivity contribution is 5.92. The lowest BCUT2D eigenvalue weighted by molar-refractivity contribution is -0.127. The zero-order chi connectivity index (χ0) is 15.9. The van der Waals surface area contributed by atoms with Gasteiger partial charge in [-0.1, -0.05) is 12.1 Å². The van der Waals surface area contributed by atoms with Gasteiger partial charge in [-0.3, -0.25) is 4.79 Å². The molecule has 0 spiro atoms. The maximum Gasteiger partial charge on any atom is 0.337 e. The molecule has 1 aromatic rings. The number of piperidine rings is 1. The summed E-state index contributed by atoms with van der Waals surface area (Å²) in [5.41, 5.74) is 1.34. The lowest BCUT2D eigenvalue weighted by Crippen LogP contribution is -2.38. The number of hydrogen-bond acceptors (Lipinski definition) is 4. The number of likely N-dealkylation sites (tertiary alicyclic amines) is 1. The van der Waals surface area contributed by atoms with Crippen molar-refractivity contribution in [3.05, 3.63) is 41.5 Å². The van der Waals surface area contributed by atoms with Crippen molar-refractivity contribution in [1.29, 1.82) is 0 Å². The third-order valence-corrected chi connectivity index (χ3v) is 3.93. The van der Waals surface area contributed by atoms with E-state index in [-0.39, 0.29) is 18.5 Å². The smallest absolute Gasteiger partial charge is 0.337 e. The number of carbonyl (C=O) groups excluding carboxylic acids is 2. The van der Waals surface area contributed by atoms with Crippen LogP contribution in [0.4, 0.5) is 0 Å². The fraction of sp³-hybridized carbons (Fsp3) is 0.412. The predicted octanol–water partition coefficient (Wildman–Crippen LogP) is 1.72. The molecule has 1 aliphatic rings. The van der Waals surface area contributed by atoms with Gasteiger partial charge in [0.1, 0.15) is 0 Å². The Balaban J connectivity index is 1.91. The summed E-state index contributed by atoms with van der Waals surface area (Å²) in [6, 6.07) is 6.88. The Labute approximate surface area is 130 Å². The quantitative estimate of drug-likeness (QED) is 0.679. The number of aliphatic hydroxyl groups is 1. The summed E-state index contributed by atoms with van der Waals surface area (Å²) in [7, 11) is 1.34. The largest absolute Gasteiger partial charge is 0.465 e. The molecule has 1 N–H and O–H groups in total. The minimum absolute atomic E-state index is 0.0200. The minimum Gasteiger partial charge on any atom is -0.465 e. The molecule has 1 heterocycles. The molecule has 0 radical (unpaired) electrons. The summed E-state index contributed by atoms with van der Waals surface area (Å²) in [6.45, 7) is 1.58. The second kappa shape index (κ2) is 7.75. The lowest BCUT2D eigenvalue weighted by Gasteiger charge is -2.30. The molecule has 0 saturated carbocycles. The van der Waals surface area contributed by atoms with Gasteiger partial charge in [0.25, 0.3) is 0 Å². The SMILES string of the molecule is COC(=O)c1ccc(/C=C/C(=O)N2CCC(CO)CC2)cc1. The molecule has 0 aliphatic carbocycles. The van der Waals surface area contributed by atoms with Crippen LogP contribution in [-0.2, 0) is 9.53 Å². The van der Waals surface area contributed by atoms with Gasteiger partial charge < -0.3 is 14.7 Å². The summed E-state index contributed by atoms with van der Waals surface area (Å²) >= 11 is 0. The van der Waals surface area contributed by atoms with Gasteiger partial charge in [-0.25, -0.2) is 4.79 Å². The number of amides is 1. The van der Waals surface area contributed by atoms with Gasteiger partial charge in [-0.15, -0.1) is 0 Å². The number of aliphatic hydroxyl groups excluding tert-OH is 1. The van der Waals surface area contributed by atoms with Crippen molar-refractivity contribution >= 4 is 18.0 Å². The molecule has 1 amide bonds. The molecule has 1 fully saturated rings. The average Bonchev–Trinajstić information content (AvgIpc) is 2.59. The first-order valence-corrected chi connectivity index (χ1v) is 7.40. The van der Waals surface area contributed by atoms with E-state index in [1.807, 2.05) is 0 Å². The van der Waals surface area contributed by atoms with Crippen LogP contribution in [0.5, 0.6) is 0 Å². The molecule has 118 valence electrons. The normalized spacial score (nSPS) is 16.0. The number of nitrogens with zero attached hydrogens (tertiary/aromatic N) is 1. The maximum absolute atomic E-state index is 12.1. The maximum atomic E-state index is 12.1. The Morgan fingerprint density at radius 1 is 1.27 bits per heavy atom. The van der Waals surface area contributed by atoms with E-state index in [0.29, 0.717) is 24.6 Å². The van der Waals surface area contributed by atoms with Crippen molar-refractivity contribution in [3.8, 4) is 0 Å². The lowest BCUT2D eigenvalue weighted by atomic mass is 9.98. The number of ether oxygens (including phenoxy) is 1. The van der Waals surface area contributed by atoms with E-state index in [0.717, 1.165) is 18.4 Å².